The van der Waals surface area contributed by atoms with Crippen LogP contribution in [0.2, 0.25) is 0 Å². The predicted molar refractivity (Wildman–Crippen MR) is 107 cm³/mol. The third kappa shape index (κ3) is 3.77. The van der Waals surface area contributed by atoms with Crippen molar-refractivity contribution in [1.29, 1.82) is 0 Å². The SMILES string of the molecule is Cc1cccc(N2CCN(c3ccnc(Nc4ccccc4)n3)CC2)c1. The van der Waals surface area contributed by atoms with E-state index >= 15 is 0 Å². The van der Waals surface area contributed by atoms with E-state index in [4.69, 9.17) is 0 Å². The van der Waals surface area contributed by atoms with Crippen LogP contribution in [0.5, 0.6) is 0 Å². The largest absolute Gasteiger partial charge is 0.368 e. The quantitative estimate of drug-likeness (QED) is 0.778. The van der Waals surface area contributed by atoms with E-state index in [0.717, 1.165) is 37.7 Å². The van der Waals surface area contributed by atoms with Crippen LogP contribution >= 0.6 is 0 Å². The van der Waals surface area contributed by atoms with Crippen LogP contribution in [0.3, 0.4) is 0 Å². The Morgan fingerprint density at radius 3 is 2.38 bits per heavy atom. The van der Waals surface area contributed by atoms with E-state index in [1.54, 1.807) is 0 Å². The van der Waals surface area contributed by atoms with Gasteiger partial charge in [-0.15, -0.1) is 0 Å². The Labute approximate surface area is 154 Å². The number of hydrogen-bond donors (Lipinski definition) is 1. The van der Waals surface area contributed by atoms with E-state index in [-0.39, 0.29) is 0 Å². The van der Waals surface area contributed by atoms with Gasteiger partial charge in [0.1, 0.15) is 5.82 Å². The van der Waals surface area contributed by atoms with Crippen molar-refractivity contribution in [2.75, 3.05) is 41.3 Å². The highest BCUT2D eigenvalue weighted by atomic mass is 15.3. The molecule has 0 amide bonds. The van der Waals surface area contributed by atoms with Gasteiger partial charge in [0.2, 0.25) is 5.95 Å². The maximum atomic E-state index is 4.69. The molecule has 1 aromatic heterocycles. The van der Waals surface area contributed by atoms with Crippen LogP contribution < -0.4 is 15.1 Å². The van der Waals surface area contributed by atoms with Gasteiger partial charge in [-0.2, -0.15) is 4.98 Å². The molecule has 1 saturated heterocycles. The van der Waals surface area contributed by atoms with Gasteiger partial charge in [-0.05, 0) is 42.8 Å². The molecule has 0 bridgehead atoms. The summed E-state index contributed by atoms with van der Waals surface area (Å²) in [7, 11) is 0. The number of rotatable bonds is 4. The third-order valence-electron chi connectivity index (χ3n) is 4.64. The molecule has 0 aliphatic carbocycles. The maximum absolute atomic E-state index is 4.69. The zero-order chi connectivity index (χ0) is 17.8. The molecule has 3 aromatic rings. The molecule has 2 heterocycles. The molecule has 0 spiro atoms. The van der Waals surface area contributed by atoms with Crippen LogP contribution in [0.1, 0.15) is 5.56 Å². The first-order chi connectivity index (χ1) is 12.8. The van der Waals surface area contributed by atoms with Crippen LogP contribution in [0.15, 0.2) is 66.9 Å². The van der Waals surface area contributed by atoms with Gasteiger partial charge >= 0.3 is 0 Å². The maximum Gasteiger partial charge on any atom is 0.229 e. The molecule has 26 heavy (non-hydrogen) atoms. The van der Waals surface area contributed by atoms with Crippen molar-refractivity contribution < 1.29 is 0 Å². The fourth-order valence-electron chi connectivity index (χ4n) is 3.25. The van der Waals surface area contributed by atoms with Crippen molar-refractivity contribution in [3.05, 3.63) is 72.4 Å². The lowest BCUT2D eigenvalue weighted by Crippen LogP contribution is -2.46. The molecule has 132 valence electrons. The number of para-hydroxylation sites is 1. The highest BCUT2D eigenvalue weighted by Crippen LogP contribution is 2.21. The summed E-state index contributed by atoms with van der Waals surface area (Å²) in [5.41, 5.74) is 3.60. The van der Waals surface area contributed by atoms with Crippen LogP contribution in [0, 0.1) is 6.92 Å². The molecular weight excluding hydrogens is 322 g/mol. The van der Waals surface area contributed by atoms with Crippen molar-refractivity contribution >= 4 is 23.1 Å². The van der Waals surface area contributed by atoms with Gasteiger partial charge in [0.15, 0.2) is 0 Å². The molecule has 1 aliphatic heterocycles. The van der Waals surface area contributed by atoms with E-state index in [2.05, 4.69) is 56.3 Å². The van der Waals surface area contributed by atoms with Gasteiger partial charge in [-0.3, -0.25) is 0 Å². The molecule has 0 unspecified atom stereocenters. The molecule has 0 atom stereocenters. The minimum Gasteiger partial charge on any atom is -0.368 e. The van der Waals surface area contributed by atoms with Crippen LogP contribution in [0.4, 0.5) is 23.1 Å². The zero-order valence-corrected chi connectivity index (χ0v) is 15.0. The summed E-state index contributed by atoms with van der Waals surface area (Å²) < 4.78 is 0. The predicted octanol–water partition coefficient (Wildman–Crippen LogP) is 3.86. The van der Waals surface area contributed by atoms with Crippen molar-refractivity contribution in [3.8, 4) is 0 Å². The van der Waals surface area contributed by atoms with E-state index < -0.39 is 0 Å². The van der Waals surface area contributed by atoms with Crippen molar-refractivity contribution in [3.63, 3.8) is 0 Å². The van der Waals surface area contributed by atoms with Gasteiger partial charge in [-0.25, -0.2) is 4.98 Å². The van der Waals surface area contributed by atoms with Crippen molar-refractivity contribution in [1.82, 2.24) is 9.97 Å². The Kier molecular flexibility index (Phi) is 4.69. The summed E-state index contributed by atoms with van der Waals surface area (Å²) in [5, 5.41) is 3.26. The van der Waals surface area contributed by atoms with E-state index in [1.165, 1.54) is 11.3 Å². The molecule has 1 N–H and O–H groups in total. The minimum atomic E-state index is 0.634. The number of aryl methyl sites for hydroxylation is 1. The second kappa shape index (κ2) is 7.44. The summed E-state index contributed by atoms with van der Waals surface area (Å²) >= 11 is 0. The Balaban J connectivity index is 1.42. The fraction of sp³-hybridized carbons (Fsp3) is 0.238. The molecule has 2 aromatic carbocycles. The normalized spacial score (nSPS) is 14.3. The lowest BCUT2D eigenvalue weighted by Gasteiger charge is -2.36. The monoisotopic (exact) mass is 345 g/mol. The number of anilines is 4. The van der Waals surface area contributed by atoms with Crippen LogP contribution in [0.25, 0.3) is 0 Å². The fourth-order valence-corrected chi connectivity index (χ4v) is 3.25. The van der Waals surface area contributed by atoms with E-state index in [9.17, 15) is 0 Å². The van der Waals surface area contributed by atoms with Crippen molar-refractivity contribution in [2.24, 2.45) is 0 Å². The Morgan fingerprint density at radius 1 is 0.846 bits per heavy atom. The third-order valence-corrected chi connectivity index (χ3v) is 4.64. The van der Waals surface area contributed by atoms with E-state index in [0.29, 0.717) is 5.95 Å². The van der Waals surface area contributed by atoms with Gasteiger partial charge in [-0.1, -0.05) is 30.3 Å². The highest BCUT2D eigenvalue weighted by molar-refractivity contribution is 5.55. The molecule has 4 rings (SSSR count). The zero-order valence-electron chi connectivity index (χ0n) is 15.0. The topological polar surface area (TPSA) is 44.3 Å². The first kappa shape index (κ1) is 16.4. The molecule has 5 heteroatoms. The van der Waals surface area contributed by atoms with Gasteiger partial charge in [0, 0.05) is 43.8 Å². The van der Waals surface area contributed by atoms with Gasteiger partial charge < -0.3 is 15.1 Å². The van der Waals surface area contributed by atoms with Crippen LogP contribution in [-0.2, 0) is 0 Å². The molecule has 0 radical (unpaired) electrons. The highest BCUT2D eigenvalue weighted by Gasteiger charge is 2.18. The number of benzene rings is 2. The van der Waals surface area contributed by atoms with Crippen LogP contribution in [-0.4, -0.2) is 36.1 Å². The summed E-state index contributed by atoms with van der Waals surface area (Å²) in [4.78, 5) is 13.8. The number of nitrogens with one attached hydrogen (secondary N) is 1. The summed E-state index contributed by atoms with van der Waals surface area (Å²) in [6.45, 7) is 6.04. The molecule has 0 saturated carbocycles. The summed E-state index contributed by atoms with van der Waals surface area (Å²) in [5.74, 6) is 1.61. The molecule has 1 fully saturated rings. The molecule has 5 nitrogen and oxygen atoms in total. The minimum absolute atomic E-state index is 0.634. The molecular formula is C21H23N5. The Morgan fingerprint density at radius 2 is 1.62 bits per heavy atom. The standard InChI is InChI=1S/C21H23N5/c1-17-6-5-9-19(16-17)25-12-14-26(15-13-25)20-10-11-22-21(24-20)23-18-7-3-2-4-8-18/h2-11,16H,12-15H2,1H3,(H,22,23,24). The second-order valence-corrected chi connectivity index (χ2v) is 6.54. The summed E-state index contributed by atoms with van der Waals surface area (Å²) in [6.07, 6.45) is 1.82. The Hall–Kier alpha value is -3.08. The van der Waals surface area contributed by atoms with E-state index in [1.807, 2.05) is 42.6 Å². The average molecular weight is 345 g/mol. The number of aromatic nitrogens is 2. The number of hydrogen-bond acceptors (Lipinski definition) is 5. The molecule has 1 aliphatic rings. The second-order valence-electron chi connectivity index (χ2n) is 6.54. The number of nitrogens with zero attached hydrogens (tertiary/aromatic N) is 4. The lowest BCUT2D eigenvalue weighted by atomic mass is 10.2. The lowest BCUT2D eigenvalue weighted by molar-refractivity contribution is 0.647. The summed E-state index contributed by atoms with van der Waals surface area (Å²) in [6, 6.07) is 20.7. The Bertz CT molecular complexity index is 857. The van der Waals surface area contributed by atoms with Crippen molar-refractivity contribution in [2.45, 2.75) is 6.92 Å². The van der Waals surface area contributed by atoms with Gasteiger partial charge in [0.25, 0.3) is 0 Å². The number of piperazine rings is 1. The van der Waals surface area contributed by atoms with Gasteiger partial charge in [0.05, 0.1) is 0 Å². The smallest absolute Gasteiger partial charge is 0.229 e. The average Bonchev–Trinajstić information content (AvgIpc) is 2.69. The first-order valence-electron chi connectivity index (χ1n) is 9.00. The first-order valence-corrected chi connectivity index (χ1v) is 9.00.